The zero-order valence-electron chi connectivity index (χ0n) is 20.7. The van der Waals surface area contributed by atoms with E-state index in [2.05, 4.69) is 0 Å². The van der Waals surface area contributed by atoms with Crippen molar-refractivity contribution >= 4 is 17.7 Å². The van der Waals surface area contributed by atoms with E-state index in [-0.39, 0.29) is 55.6 Å². The lowest BCUT2D eigenvalue weighted by atomic mass is 10.1. The molecule has 1 aliphatic rings. The molecule has 3 aromatic carbocycles. The van der Waals surface area contributed by atoms with Crippen LogP contribution in [0, 0.1) is 11.6 Å². The van der Waals surface area contributed by atoms with Crippen molar-refractivity contribution in [2.24, 2.45) is 5.73 Å². The predicted octanol–water partition coefficient (Wildman–Crippen LogP) is 3.39. The Morgan fingerprint density at radius 2 is 1.58 bits per heavy atom. The number of rotatable bonds is 8. The molecule has 38 heavy (non-hydrogen) atoms. The summed E-state index contributed by atoms with van der Waals surface area (Å²) in [4.78, 5) is 40.6. The van der Waals surface area contributed by atoms with Crippen molar-refractivity contribution in [1.29, 1.82) is 0 Å². The Morgan fingerprint density at radius 3 is 2.26 bits per heavy atom. The number of hydrogen-bond acceptors (Lipinski definition) is 5. The van der Waals surface area contributed by atoms with E-state index in [0.29, 0.717) is 11.3 Å². The van der Waals surface area contributed by atoms with Gasteiger partial charge in [-0.1, -0.05) is 24.3 Å². The summed E-state index contributed by atoms with van der Waals surface area (Å²) < 4.78 is 39.4. The first-order valence-electron chi connectivity index (χ1n) is 12.0. The van der Waals surface area contributed by atoms with Gasteiger partial charge in [0, 0.05) is 26.2 Å². The molecule has 3 amide bonds. The molecule has 8 nitrogen and oxygen atoms in total. The van der Waals surface area contributed by atoms with Crippen LogP contribution in [0.25, 0.3) is 0 Å². The van der Waals surface area contributed by atoms with Gasteiger partial charge in [0.05, 0.1) is 11.1 Å². The van der Waals surface area contributed by atoms with Crippen molar-refractivity contribution in [3.05, 3.63) is 95.1 Å². The summed E-state index contributed by atoms with van der Waals surface area (Å²) in [7, 11) is 0. The number of ether oxygens (including phenoxy) is 2. The average Bonchev–Trinajstić information content (AvgIpc) is 2.92. The number of carbonyl (C=O) groups excluding carboxylic acids is 3. The maximum Gasteiger partial charge on any atom is 0.263 e. The number of para-hydroxylation sites is 1. The maximum atomic E-state index is 14.6. The molecule has 1 aliphatic heterocycles. The van der Waals surface area contributed by atoms with Gasteiger partial charge in [-0.2, -0.15) is 0 Å². The van der Waals surface area contributed by atoms with Gasteiger partial charge in [0.2, 0.25) is 0 Å². The van der Waals surface area contributed by atoms with E-state index in [9.17, 15) is 23.2 Å². The fourth-order valence-electron chi connectivity index (χ4n) is 4.12. The Bertz CT molecular complexity index is 1330. The Kier molecular flexibility index (Phi) is 8.20. The number of carbonyl (C=O) groups is 3. The molecular formula is C28H27F2N3O5. The van der Waals surface area contributed by atoms with Crippen molar-refractivity contribution in [1.82, 2.24) is 9.80 Å². The second-order valence-electron chi connectivity index (χ2n) is 8.80. The quantitative estimate of drug-likeness (QED) is 0.488. The summed E-state index contributed by atoms with van der Waals surface area (Å²) in [6.45, 7) is 2.62. The number of hydrogen-bond donors (Lipinski definition) is 1. The molecule has 0 aliphatic carbocycles. The Hall–Kier alpha value is -4.47. The minimum absolute atomic E-state index is 0.0716. The summed E-state index contributed by atoms with van der Waals surface area (Å²) >= 11 is 0. The van der Waals surface area contributed by atoms with E-state index in [1.165, 1.54) is 23.1 Å². The fourth-order valence-corrected chi connectivity index (χ4v) is 4.12. The number of nitrogens with two attached hydrogens (primary N) is 1. The Morgan fingerprint density at radius 1 is 0.895 bits per heavy atom. The second kappa shape index (κ2) is 11.7. The van der Waals surface area contributed by atoms with Crippen molar-refractivity contribution in [2.75, 3.05) is 26.2 Å². The first-order chi connectivity index (χ1) is 18.2. The van der Waals surface area contributed by atoms with Gasteiger partial charge in [-0.3, -0.25) is 14.4 Å². The van der Waals surface area contributed by atoms with Gasteiger partial charge in [0.15, 0.2) is 6.10 Å². The highest BCUT2D eigenvalue weighted by Crippen LogP contribution is 2.22. The van der Waals surface area contributed by atoms with Crippen LogP contribution in [-0.2, 0) is 11.4 Å². The van der Waals surface area contributed by atoms with Crippen LogP contribution >= 0.6 is 0 Å². The SMILES string of the molecule is CC(Oc1ccccc1)C(=O)N1CCN(C(=O)c2cc(COc3ccc(F)cc3C(N)=O)ccc2F)CC1. The van der Waals surface area contributed by atoms with E-state index >= 15 is 0 Å². The van der Waals surface area contributed by atoms with Crippen LogP contribution in [0.1, 0.15) is 33.2 Å². The van der Waals surface area contributed by atoms with Crippen molar-refractivity contribution in [3.8, 4) is 11.5 Å². The van der Waals surface area contributed by atoms with Crippen molar-refractivity contribution in [3.63, 3.8) is 0 Å². The number of amides is 3. The lowest BCUT2D eigenvalue weighted by molar-refractivity contribution is -0.139. The fraction of sp³-hybridized carbons (Fsp3) is 0.250. The summed E-state index contributed by atoms with van der Waals surface area (Å²) in [5, 5.41) is 0. The average molecular weight is 524 g/mol. The zero-order valence-corrected chi connectivity index (χ0v) is 20.7. The lowest BCUT2D eigenvalue weighted by Gasteiger charge is -2.36. The van der Waals surface area contributed by atoms with E-state index in [4.69, 9.17) is 15.2 Å². The number of halogens is 2. The number of primary amides is 1. The highest BCUT2D eigenvalue weighted by Gasteiger charge is 2.29. The van der Waals surface area contributed by atoms with Crippen LogP contribution in [0.5, 0.6) is 11.5 Å². The minimum atomic E-state index is -0.854. The first kappa shape index (κ1) is 26.6. The van der Waals surface area contributed by atoms with Crippen LogP contribution in [0.4, 0.5) is 8.78 Å². The largest absolute Gasteiger partial charge is 0.488 e. The molecule has 1 heterocycles. The molecule has 1 fully saturated rings. The van der Waals surface area contributed by atoms with Gasteiger partial charge < -0.3 is 25.0 Å². The lowest BCUT2D eigenvalue weighted by Crippen LogP contribution is -2.53. The highest BCUT2D eigenvalue weighted by atomic mass is 19.1. The molecule has 10 heteroatoms. The number of nitrogens with zero attached hydrogens (tertiary/aromatic N) is 2. The molecule has 198 valence electrons. The van der Waals surface area contributed by atoms with Gasteiger partial charge in [-0.25, -0.2) is 8.78 Å². The van der Waals surface area contributed by atoms with Crippen molar-refractivity contribution < 1.29 is 32.6 Å². The van der Waals surface area contributed by atoms with Gasteiger partial charge >= 0.3 is 0 Å². The first-order valence-corrected chi connectivity index (χ1v) is 12.0. The summed E-state index contributed by atoms with van der Waals surface area (Å²) in [5.74, 6) is -2.23. The molecule has 3 aromatic rings. The molecule has 1 atom stereocenters. The van der Waals surface area contributed by atoms with Gasteiger partial charge in [-0.15, -0.1) is 0 Å². The molecule has 4 rings (SSSR count). The van der Waals surface area contributed by atoms with Crippen LogP contribution in [-0.4, -0.2) is 59.8 Å². The van der Waals surface area contributed by atoms with Crippen LogP contribution < -0.4 is 15.2 Å². The van der Waals surface area contributed by atoms with E-state index in [1.807, 2.05) is 18.2 Å². The number of benzene rings is 3. The zero-order chi connectivity index (χ0) is 27.2. The normalized spacial score (nSPS) is 14.1. The summed E-state index contributed by atoms with van der Waals surface area (Å²) in [5.41, 5.74) is 5.49. The Balaban J connectivity index is 1.36. The molecule has 0 radical (unpaired) electrons. The molecule has 0 aromatic heterocycles. The van der Waals surface area contributed by atoms with Gasteiger partial charge in [0.25, 0.3) is 17.7 Å². The third kappa shape index (κ3) is 6.26. The molecule has 2 N–H and O–H groups in total. The predicted molar refractivity (Wildman–Crippen MR) is 135 cm³/mol. The Labute approximate surface area is 218 Å². The van der Waals surface area contributed by atoms with E-state index in [0.717, 1.165) is 18.2 Å². The van der Waals surface area contributed by atoms with E-state index in [1.54, 1.807) is 24.0 Å². The van der Waals surface area contributed by atoms with Crippen LogP contribution in [0.15, 0.2) is 66.7 Å². The molecule has 1 saturated heterocycles. The summed E-state index contributed by atoms with van der Waals surface area (Å²) in [6, 6.07) is 16.4. The van der Waals surface area contributed by atoms with Gasteiger partial charge in [-0.05, 0) is 55.0 Å². The summed E-state index contributed by atoms with van der Waals surface area (Å²) in [6.07, 6.45) is -0.690. The number of piperazine rings is 1. The van der Waals surface area contributed by atoms with Crippen LogP contribution in [0.3, 0.4) is 0 Å². The minimum Gasteiger partial charge on any atom is -0.488 e. The van der Waals surface area contributed by atoms with Crippen LogP contribution in [0.2, 0.25) is 0 Å². The standard InChI is InChI=1S/C28H27F2N3O5/c1-18(38-21-5-3-2-4-6-21)27(35)32-11-13-33(14-12-32)28(36)22-15-19(7-9-24(22)30)17-37-25-10-8-20(29)16-23(25)26(31)34/h2-10,15-16,18H,11-14,17H2,1H3,(H2,31,34). The van der Waals surface area contributed by atoms with Gasteiger partial charge in [0.1, 0.15) is 29.7 Å². The molecule has 1 unspecified atom stereocenters. The second-order valence-corrected chi connectivity index (χ2v) is 8.80. The molecular weight excluding hydrogens is 496 g/mol. The van der Waals surface area contributed by atoms with E-state index < -0.39 is 29.6 Å². The third-order valence-electron chi connectivity index (χ3n) is 6.14. The van der Waals surface area contributed by atoms with Crippen molar-refractivity contribution in [2.45, 2.75) is 19.6 Å². The highest BCUT2D eigenvalue weighted by molar-refractivity contribution is 5.96. The smallest absolute Gasteiger partial charge is 0.263 e. The molecule has 0 saturated carbocycles. The molecule has 0 spiro atoms. The molecule has 0 bridgehead atoms. The monoisotopic (exact) mass is 523 g/mol. The third-order valence-corrected chi connectivity index (χ3v) is 6.14. The maximum absolute atomic E-state index is 14.6. The topological polar surface area (TPSA) is 102 Å².